The van der Waals surface area contributed by atoms with Gasteiger partial charge in [-0.3, -0.25) is 10.2 Å². The van der Waals surface area contributed by atoms with Gasteiger partial charge in [0.2, 0.25) is 12.7 Å². The van der Waals surface area contributed by atoms with Crippen molar-refractivity contribution in [2.75, 3.05) is 13.9 Å². The van der Waals surface area contributed by atoms with Crippen molar-refractivity contribution in [3.8, 4) is 23.3 Å². The monoisotopic (exact) mass is 368 g/mol. The van der Waals surface area contributed by atoms with Crippen LogP contribution in [-0.4, -0.2) is 25.6 Å². The topological polar surface area (TPSA) is 102 Å². The molecule has 140 valence electrons. The lowest BCUT2D eigenvalue weighted by Gasteiger charge is -2.39. The quantitative estimate of drug-likeness (QED) is 0.859. The summed E-state index contributed by atoms with van der Waals surface area (Å²) in [5.74, 6) is 0.302. The Balaban J connectivity index is 1.93. The van der Waals surface area contributed by atoms with Gasteiger partial charge in [0.1, 0.15) is 17.4 Å². The third-order valence-corrected chi connectivity index (χ3v) is 5.24. The molecule has 0 spiro atoms. The second-order valence-electron chi connectivity index (χ2n) is 7.78. The van der Waals surface area contributed by atoms with Crippen molar-refractivity contribution >= 4 is 11.7 Å². The molecule has 0 radical (unpaired) electrons. The lowest BCUT2D eigenvalue weighted by molar-refractivity contribution is -0.119. The van der Waals surface area contributed by atoms with Gasteiger partial charge in [-0.25, -0.2) is 0 Å². The smallest absolute Gasteiger partial charge is 0.231 e. The van der Waals surface area contributed by atoms with Crippen molar-refractivity contribution in [1.29, 1.82) is 10.7 Å². The van der Waals surface area contributed by atoms with Crippen LogP contribution in [0.3, 0.4) is 0 Å². The Hall–Kier alpha value is -3.01. The molecule has 0 saturated heterocycles. The number of Topliss-reactive ketones (excluding diaryl/α,β-unsaturated/α-hetero) is 1. The van der Waals surface area contributed by atoms with Crippen molar-refractivity contribution in [1.82, 2.24) is 0 Å². The summed E-state index contributed by atoms with van der Waals surface area (Å²) in [5.41, 5.74) is 0.843. The molecule has 0 amide bonds. The van der Waals surface area contributed by atoms with Gasteiger partial charge in [0.25, 0.3) is 0 Å². The molecule has 0 aromatic heterocycles. The second-order valence-corrected chi connectivity index (χ2v) is 7.78. The third-order valence-electron chi connectivity index (χ3n) is 5.24. The van der Waals surface area contributed by atoms with Gasteiger partial charge in [0.15, 0.2) is 17.3 Å². The molecule has 1 aromatic carbocycles. The average Bonchev–Trinajstić information content (AvgIpc) is 3.05. The first-order chi connectivity index (χ1) is 12.8. The van der Waals surface area contributed by atoms with E-state index < -0.39 is 11.8 Å². The lowest BCUT2D eigenvalue weighted by Crippen LogP contribution is -2.38. The molecule has 7 nitrogen and oxygen atoms in total. The summed E-state index contributed by atoms with van der Waals surface area (Å²) >= 11 is 0. The number of methoxy groups -OCH3 is 1. The van der Waals surface area contributed by atoms with Gasteiger partial charge in [-0.15, -0.1) is 0 Å². The Morgan fingerprint density at radius 1 is 1.26 bits per heavy atom. The van der Waals surface area contributed by atoms with E-state index >= 15 is 0 Å². The van der Waals surface area contributed by atoms with Gasteiger partial charge in [-0.2, -0.15) is 5.26 Å². The van der Waals surface area contributed by atoms with Gasteiger partial charge < -0.3 is 18.9 Å². The number of carbonyl (C=O) groups is 1. The van der Waals surface area contributed by atoms with Crippen molar-refractivity contribution in [2.45, 2.75) is 32.6 Å². The highest BCUT2D eigenvalue weighted by Gasteiger charge is 2.47. The number of nitrogens with one attached hydrogen (secondary N) is 1. The highest BCUT2D eigenvalue weighted by atomic mass is 16.7. The molecule has 2 atom stereocenters. The molecule has 0 saturated carbocycles. The predicted octanol–water partition coefficient (Wildman–Crippen LogP) is 3.30. The minimum Gasteiger partial charge on any atom is -0.496 e. The molecule has 2 aliphatic heterocycles. The van der Waals surface area contributed by atoms with Gasteiger partial charge in [-0.1, -0.05) is 13.8 Å². The molecule has 1 N–H and O–H groups in total. The number of ether oxygens (including phenoxy) is 4. The molecule has 0 fully saturated rings. The van der Waals surface area contributed by atoms with Crippen LogP contribution in [0.4, 0.5) is 0 Å². The van der Waals surface area contributed by atoms with Crippen LogP contribution in [0, 0.1) is 28.1 Å². The third kappa shape index (κ3) is 2.72. The summed E-state index contributed by atoms with van der Waals surface area (Å²) in [6.45, 7) is 4.09. The van der Waals surface area contributed by atoms with Crippen LogP contribution in [-0.2, 0) is 9.53 Å². The van der Waals surface area contributed by atoms with Gasteiger partial charge in [0.05, 0.1) is 13.2 Å². The number of nitriles is 1. The van der Waals surface area contributed by atoms with Crippen LogP contribution in [0.5, 0.6) is 17.2 Å². The van der Waals surface area contributed by atoms with Crippen LogP contribution in [0.2, 0.25) is 0 Å². The first kappa shape index (κ1) is 17.4. The fraction of sp³-hybridized carbons (Fsp3) is 0.450. The first-order valence-electron chi connectivity index (χ1n) is 8.74. The van der Waals surface area contributed by atoms with Crippen LogP contribution in [0.1, 0.15) is 38.2 Å². The zero-order valence-corrected chi connectivity index (χ0v) is 15.4. The van der Waals surface area contributed by atoms with Crippen LogP contribution in [0.25, 0.3) is 0 Å². The van der Waals surface area contributed by atoms with E-state index in [4.69, 9.17) is 24.4 Å². The van der Waals surface area contributed by atoms with E-state index in [0.29, 0.717) is 47.0 Å². The molecule has 1 aliphatic carbocycles. The van der Waals surface area contributed by atoms with Gasteiger partial charge in [-0.05, 0) is 11.5 Å². The zero-order chi connectivity index (χ0) is 19.3. The van der Waals surface area contributed by atoms with E-state index in [1.54, 1.807) is 12.1 Å². The van der Waals surface area contributed by atoms with Crippen molar-refractivity contribution in [3.63, 3.8) is 0 Å². The lowest BCUT2D eigenvalue weighted by atomic mass is 9.68. The van der Waals surface area contributed by atoms with Crippen LogP contribution >= 0.6 is 0 Å². The maximum absolute atomic E-state index is 13.0. The number of allylic oxidation sites excluding steroid dienone is 2. The van der Waals surface area contributed by atoms with Crippen molar-refractivity contribution in [2.24, 2.45) is 11.3 Å². The predicted molar refractivity (Wildman–Crippen MR) is 94.8 cm³/mol. The molecular weight excluding hydrogens is 348 g/mol. The molecule has 2 unspecified atom stereocenters. The van der Waals surface area contributed by atoms with E-state index in [2.05, 4.69) is 6.07 Å². The SMILES string of the molecule is COc1cc2c(cc1C1C3=C(CC(C)(C)CC3=O)OC(=N)C1C#N)OCO2. The first-order valence-corrected chi connectivity index (χ1v) is 8.74. The largest absolute Gasteiger partial charge is 0.496 e. The average molecular weight is 368 g/mol. The molecule has 2 heterocycles. The Bertz CT molecular complexity index is 925. The van der Waals surface area contributed by atoms with E-state index in [0.717, 1.165) is 0 Å². The standard InChI is InChI=1S/C20H20N2O5/c1-20(2)6-12(23)18-16(7-20)27-19(22)11(8-21)17(18)10-4-14-15(26-9-25-14)5-13(10)24-3/h4-5,11,17,22H,6-7,9H2,1-3H3. The number of hydrogen-bond acceptors (Lipinski definition) is 7. The van der Waals surface area contributed by atoms with Crippen molar-refractivity contribution in [3.05, 3.63) is 29.0 Å². The number of benzene rings is 1. The highest BCUT2D eigenvalue weighted by Crippen LogP contribution is 2.51. The summed E-state index contributed by atoms with van der Waals surface area (Å²) < 4.78 is 22.0. The van der Waals surface area contributed by atoms with Crippen molar-refractivity contribution < 1.29 is 23.7 Å². The summed E-state index contributed by atoms with van der Waals surface area (Å²) in [4.78, 5) is 13.0. The Morgan fingerprint density at radius 2 is 1.96 bits per heavy atom. The summed E-state index contributed by atoms with van der Waals surface area (Å²) in [6, 6.07) is 5.57. The minimum absolute atomic E-state index is 0.0567. The summed E-state index contributed by atoms with van der Waals surface area (Å²) in [5, 5.41) is 18.0. The zero-order valence-electron chi connectivity index (χ0n) is 15.4. The maximum Gasteiger partial charge on any atom is 0.231 e. The molecule has 3 aliphatic rings. The fourth-order valence-electron chi connectivity index (χ4n) is 4.06. The fourth-order valence-corrected chi connectivity index (χ4v) is 4.06. The number of carbonyl (C=O) groups excluding carboxylic acids is 1. The highest BCUT2D eigenvalue weighted by molar-refractivity contribution is 6.02. The summed E-state index contributed by atoms with van der Waals surface area (Å²) in [6.07, 6.45) is 0.905. The number of fused-ring (bicyclic) bond motifs is 1. The normalized spacial score (nSPS) is 25.6. The number of nitrogens with zero attached hydrogens (tertiary/aromatic N) is 1. The number of hydrogen-bond donors (Lipinski definition) is 1. The second kappa shape index (κ2) is 6.02. The van der Waals surface area contributed by atoms with E-state index in [1.165, 1.54) is 7.11 Å². The van der Waals surface area contributed by atoms with Crippen LogP contribution in [0.15, 0.2) is 23.5 Å². The maximum atomic E-state index is 13.0. The minimum atomic E-state index is -0.914. The number of rotatable bonds is 2. The Kier molecular flexibility index (Phi) is 3.88. The molecule has 1 aromatic rings. The van der Waals surface area contributed by atoms with Gasteiger partial charge >= 0.3 is 0 Å². The molecule has 7 heteroatoms. The summed E-state index contributed by atoms with van der Waals surface area (Å²) in [7, 11) is 1.52. The molecule has 27 heavy (non-hydrogen) atoms. The van der Waals surface area contributed by atoms with Crippen LogP contribution < -0.4 is 14.2 Å². The van der Waals surface area contributed by atoms with E-state index in [1.807, 2.05) is 13.8 Å². The molecule has 4 rings (SSSR count). The molecular formula is C20H20N2O5. The number of ketones is 1. The Labute approximate surface area is 157 Å². The van der Waals surface area contributed by atoms with E-state index in [9.17, 15) is 10.1 Å². The van der Waals surface area contributed by atoms with Gasteiger partial charge in [0, 0.05) is 36.0 Å². The Morgan fingerprint density at radius 3 is 2.63 bits per heavy atom. The molecule has 0 bridgehead atoms. The van der Waals surface area contributed by atoms with E-state index in [-0.39, 0.29) is 23.9 Å².